The molecule has 0 saturated carbocycles. The lowest BCUT2D eigenvalue weighted by Crippen LogP contribution is -2.25. The molecule has 1 amide bonds. The average Bonchev–Trinajstić information content (AvgIpc) is 3.26. The van der Waals surface area contributed by atoms with Crippen LogP contribution in [-0.2, 0) is 19.6 Å². The molecule has 1 N–H and O–H groups in total. The number of fused-ring (bicyclic) bond motifs is 1. The molecule has 0 atom stereocenters. The first kappa shape index (κ1) is 23.6. The molecule has 0 bridgehead atoms. The van der Waals surface area contributed by atoms with Gasteiger partial charge in [-0.2, -0.15) is 0 Å². The van der Waals surface area contributed by atoms with Crippen LogP contribution >= 0.6 is 11.6 Å². The highest BCUT2D eigenvalue weighted by Gasteiger charge is 2.15. The molecule has 5 nitrogen and oxygen atoms in total. The highest BCUT2D eigenvalue weighted by molar-refractivity contribution is 6.31. The van der Waals surface area contributed by atoms with E-state index in [4.69, 9.17) is 21.3 Å². The Morgan fingerprint density at radius 1 is 0.889 bits per heavy atom. The van der Waals surface area contributed by atoms with Gasteiger partial charge in [0, 0.05) is 17.1 Å². The van der Waals surface area contributed by atoms with Crippen molar-refractivity contribution in [1.29, 1.82) is 0 Å². The number of aromatic nitrogens is 2. The highest BCUT2D eigenvalue weighted by atomic mass is 35.5. The van der Waals surface area contributed by atoms with Gasteiger partial charge in [0.25, 0.3) is 5.91 Å². The Labute approximate surface area is 215 Å². The van der Waals surface area contributed by atoms with Crippen LogP contribution in [0.3, 0.4) is 0 Å². The van der Waals surface area contributed by atoms with Crippen LogP contribution in [0.2, 0.25) is 5.02 Å². The summed E-state index contributed by atoms with van der Waals surface area (Å²) in [5, 5.41) is 3.71. The van der Waals surface area contributed by atoms with Crippen molar-refractivity contribution in [2.75, 3.05) is 6.54 Å². The number of amides is 1. The molecule has 5 aromatic rings. The number of carbonyl (C=O) groups excluding carboxylic acids is 1. The van der Waals surface area contributed by atoms with E-state index in [1.165, 1.54) is 5.56 Å². The molecule has 5 rings (SSSR count). The maximum atomic E-state index is 12.8. The van der Waals surface area contributed by atoms with Crippen LogP contribution in [0.5, 0.6) is 5.75 Å². The molecule has 1 aromatic heterocycles. The van der Waals surface area contributed by atoms with Crippen molar-refractivity contribution in [3.05, 3.63) is 131 Å². The zero-order valence-corrected chi connectivity index (χ0v) is 20.5. The summed E-state index contributed by atoms with van der Waals surface area (Å²) in [5.74, 6) is 1.42. The molecule has 0 aliphatic carbocycles. The number of hydrogen-bond acceptors (Lipinski definition) is 3. The molecular formula is C30H26ClN3O2. The standard InChI is InChI=1S/C30H26ClN3O2/c31-26-14-8-7-11-24(26)20-34-28-16-15-23(30(35)32-18-17-22-9-3-1-4-10-22)19-27(28)33-29(34)21-36-25-12-5-2-6-13-25/h1-16,19H,17-18,20-21H2,(H,32,35). The maximum absolute atomic E-state index is 12.8. The number of para-hydroxylation sites is 1. The monoisotopic (exact) mass is 495 g/mol. The van der Waals surface area contributed by atoms with Crippen molar-refractivity contribution >= 4 is 28.5 Å². The fourth-order valence-corrected chi connectivity index (χ4v) is 4.33. The average molecular weight is 496 g/mol. The number of halogens is 1. The van der Waals surface area contributed by atoms with Crippen LogP contribution in [-0.4, -0.2) is 22.0 Å². The van der Waals surface area contributed by atoms with Crippen molar-refractivity contribution in [3.8, 4) is 5.75 Å². The zero-order valence-electron chi connectivity index (χ0n) is 19.7. The lowest BCUT2D eigenvalue weighted by atomic mass is 10.1. The van der Waals surface area contributed by atoms with E-state index in [1.54, 1.807) is 0 Å². The molecule has 6 heteroatoms. The summed E-state index contributed by atoms with van der Waals surface area (Å²) in [7, 11) is 0. The van der Waals surface area contributed by atoms with Gasteiger partial charge in [-0.05, 0) is 53.9 Å². The third kappa shape index (κ3) is 5.58. The molecule has 4 aromatic carbocycles. The zero-order chi connectivity index (χ0) is 24.7. The van der Waals surface area contributed by atoms with E-state index in [0.29, 0.717) is 30.3 Å². The van der Waals surface area contributed by atoms with E-state index in [-0.39, 0.29) is 5.91 Å². The summed E-state index contributed by atoms with van der Waals surface area (Å²) >= 11 is 6.46. The summed E-state index contributed by atoms with van der Waals surface area (Å²) in [4.78, 5) is 17.7. The van der Waals surface area contributed by atoms with Gasteiger partial charge in [-0.15, -0.1) is 0 Å². The summed E-state index contributed by atoms with van der Waals surface area (Å²) in [6.45, 7) is 1.41. The number of imidazole rings is 1. The van der Waals surface area contributed by atoms with Crippen molar-refractivity contribution in [2.45, 2.75) is 19.6 Å². The SMILES string of the molecule is O=C(NCCc1ccccc1)c1ccc2c(c1)nc(COc1ccccc1)n2Cc1ccccc1Cl. The Morgan fingerprint density at radius 2 is 1.61 bits per heavy atom. The Hall–Kier alpha value is -4.09. The largest absolute Gasteiger partial charge is 0.486 e. The Morgan fingerprint density at radius 3 is 2.39 bits per heavy atom. The number of carbonyl (C=O) groups is 1. The molecule has 0 unspecified atom stereocenters. The molecule has 0 fully saturated rings. The highest BCUT2D eigenvalue weighted by Crippen LogP contribution is 2.24. The van der Waals surface area contributed by atoms with Crippen molar-refractivity contribution < 1.29 is 9.53 Å². The van der Waals surface area contributed by atoms with Crippen molar-refractivity contribution in [1.82, 2.24) is 14.9 Å². The van der Waals surface area contributed by atoms with Crippen molar-refractivity contribution in [2.24, 2.45) is 0 Å². The molecule has 1 heterocycles. The first-order valence-corrected chi connectivity index (χ1v) is 12.3. The van der Waals surface area contributed by atoms with E-state index < -0.39 is 0 Å². The van der Waals surface area contributed by atoms with Gasteiger partial charge < -0.3 is 14.6 Å². The van der Waals surface area contributed by atoms with Gasteiger partial charge in [-0.3, -0.25) is 4.79 Å². The predicted molar refractivity (Wildman–Crippen MR) is 144 cm³/mol. The lowest BCUT2D eigenvalue weighted by Gasteiger charge is -2.12. The Bertz CT molecular complexity index is 1470. The van der Waals surface area contributed by atoms with Crippen LogP contribution < -0.4 is 10.1 Å². The Kier molecular flexibility index (Phi) is 7.29. The van der Waals surface area contributed by atoms with Gasteiger partial charge in [0.05, 0.1) is 17.6 Å². The Balaban J connectivity index is 1.39. The summed E-state index contributed by atoms with van der Waals surface area (Å²) < 4.78 is 8.10. The molecule has 180 valence electrons. The number of rotatable bonds is 9. The number of ether oxygens (including phenoxy) is 1. The molecule has 0 saturated heterocycles. The minimum absolute atomic E-state index is 0.115. The fraction of sp³-hybridized carbons (Fsp3) is 0.133. The number of nitrogens with zero attached hydrogens (tertiary/aromatic N) is 2. The van der Waals surface area contributed by atoms with E-state index >= 15 is 0 Å². The number of hydrogen-bond donors (Lipinski definition) is 1. The first-order chi connectivity index (χ1) is 17.7. The fourth-order valence-electron chi connectivity index (χ4n) is 4.14. The molecule has 0 spiro atoms. The minimum Gasteiger partial charge on any atom is -0.486 e. The van der Waals surface area contributed by atoms with Crippen LogP contribution in [0.1, 0.15) is 27.3 Å². The second-order valence-electron chi connectivity index (χ2n) is 8.50. The molecule has 36 heavy (non-hydrogen) atoms. The molecule has 0 radical (unpaired) electrons. The van der Waals surface area contributed by atoms with E-state index in [0.717, 1.165) is 34.6 Å². The lowest BCUT2D eigenvalue weighted by molar-refractivity contribution is 0.0954. The van der Waals surface area contributed by atoms with Crippen LogP contribution in [0.15, 0.2) is 103 Å². The second kappa shape index (κ2) is 11.1. The smallest absolute Gasteiger partial charge is 0.251 e. The summed E-state index contributed by atoms with van der Waals surface area (Å²) in [6, 6.07) is 33.2. The number of nitrogens with one attached hydrogen (secondary N) is 1. The molecule has 0 aliphatic heterocycles. The minimum atomic E-state index is -0.115. The van der Waals surface area contributed by atoms with Gasteiger partial charge in [0.15, 0.2) is 0 Å². The normalized spacial score (nSPS) is 10.9. The van der Waals surface area contributed by atoms with Crippen LogP contribution in [0, 0.1) is 0 Å². The van der Waals surface area contributed by atoms with Gasteiger partial charge in [-0.25, -0.2) is 4.98 Å². The van der Waals surface area contributed by atoms with Crippen LogP contribution in [0.4, 0.5) is 0 Å². The summed E-state index contributed by atoms with van der Waals surface area (Å²) in [5.41, 5.74) is 4.41. The number of benzene rings is 4. The van der Waals surface area contributed by atoms with E-state index in [1.807, 2.05) is 91.0 Å². The van der Waals surface area contributed by atoms with E-state index in [2.05, 4.69) is 22.0 Å². The topological polar surface area (TPSA) is 56.1 Å². The van der Waals surface area contributed by atoms with E-state index in [9.17, 15) is 4.79 Å². The van der Waals surface area contributed by atoms with Gasteiger partial charge in [0.2, 0.25) is 0 Å². The third-order valence-corrected chi connectivity index (χ3v) is 6.40. The molecule has 0 aliphatic rings. The quantitative estimate of drug-likeness (QED) is 0.261. The predicted octanol–water partition coefficient (Wildman–Crippen LogP) is 6.29. The summed E-state index contributed by atoms with van der Waals surface area (Å²) in [6.07, 6.45) is 0.780. The van der Waals surface area contributed by atoms with Crippen molar-refractivity contribution in [3.63, 3.8) is 0 Å². The van der Waals surface area contributed by atoms with Gasteiger partial charge in [0.1, 0.15) is 18.2 Å². The van der Waals surface area contributed by atoms with Gasteiger partial charge in [-0.1, -0.05) is 78.3 Å². The second-order valence-corrected chi connectivity index (χ2v) is 8.91. The van der Waals surface area contributed by atoms with Gasteiger partial charge >= 0.3 is 0 Å². The maximum Gasteiger partial charge on any atom is 0.251 e. The first-order valence-electron chi connectivity index (χ1n) is 11.9. The van der Waals surface area contributed by atoms with Crippen LogP contribution in [0.25, 0.3) is 11.0 Å². The third-order valence-electron chi connectivity index (χ3n) is 6.03. The molecular weight excluding hydrogens is 470 g/mol.